The first-order valence-electron chi connectivity index (χ1n) is 1.38. The molecule has 4 heteroatoms. The van der Waals surface area contributed by atoms with E-state index >= 15 is 0 Å². The van der Waals surface area contributed by atoms with Crippen LogP contribution >= 0.6 is 24.5 Å². The number of halogens is 1. The Balaban J connectivity index is 3.58. The molecule has 0 heterocycles. The van der Waals surface area contributed by atoms with Crippen molar-refractivity contribution in [3.8, 4) is 0 Å². The van der Waals surface area contributed by atoms with E-state index in [4.69, 9.17) is 11.6 Å². The van der Waals surface area contributed by atoms with Gasteiger partial charge in [-0.25, -0.2) is 4.79 Å². The van der Waals surface area contributed by atoms with Crippen LogP contribution in [0.15, 0.2) is 11.6 Å². The van der Waals surface area contributed by atoms with Crippen molar-refractivity contribution in [2.75, 3.05) is 0 Å². The summed E-state index contributed by atoms with van der Waals surface area (Å²) in [4.78, 5) is 9.98. The second-order valence-electron chi connectivity index (χ2n) is 0.784. The molecule has 0 saturated carbocycles. The normalized spacial score (nSPS) is 7.71. The molecule has 0 aliphatic heterocycles. The van der Waals surface area contributed by atoms with Crippen LogP contribution < -0.4 is 0 Å². The molecule has 0 saturated heterocycles. The number of hydrogen-bond acceptors (Lipinski definition) is 3. The molecule has 0 bridgehead atoms. The standard InChI is InChI=1S/C3H3ClO2S/c1-2(4)3(5)6-7/h7H,1H2. The SMILES string of the molecule is C=C(Cl)C(=O)OS. The van der Waals surface area contributed by atoms with Crippen molar-refractivity contribution in [3.05, 3.63) is 11.6 Å². The zero-order chi connectivity index (χ0) is 5.86. The molecule has 0 amide bonds. The van der Waals surface area contributed by atoms with Gasteiger partial charge in [0.15, 0.2) is 0 Å². The fraction of sp³-hybridized carbons (Fsp3) is 0. The maximum absolute atomic E-state index is 9.98. The molecule has 0 rings (SSSR count). The Morgan fingerprint density at radius 2 is 2.29 bits per heavy atom. The van der Waals surface area contributed by atoms with E-state index in [1.54, 1.807) is 0 Å². The van der Waals surface area contributed by atoms with Crippen LogP contribution in [0.2, 0.25) is 0 Å². The van der Waals surface area contributed by atoms with Crippen LogP contribution in [0.4, 0.5) is 0 Å². The van der Waals surface area contributed by atoms with Crippen molar-refractivity contribution in [1.82, 2.24) is 0 Å². The van der Waals surface area contributed by atoms with Gasteiger partial charge in [0.2, 0.25) is 0 Å². The molecule has 0 aromatic rings. The molecular weight excluding hydrogens is 136 g/mol. The molecule has 0 aromatic carbocycles. The summed E-state index contributed by atoms with van der Waals surface area (Å²) in [5, 5.41) is -0.171. The third-order valence-corrected chi connectivity index (χ3v) is 0.625. The molecule has 40 valence electrons. The minimum Gasteiger partial charge on any atom is -0.390 e. The Kier molecular flexibility index (Phi) is 2.87. The first kappa shape index (κ1) is 6.85. The van der Waals surface area contributed by atoms with Crippen LogP contribution in [0.25, 0.3) is 0 Å². The van der Waals surface area contributed by atoms with E-state index in [0.29, 0.717) is 0 Å². The lowest BCUT2D eigenvalue weighted by atomic mass is 10.7. The fourth-order valence-electron chi connectivity index (χ4n) is 0.0495. The average Bonchev–Trinajstić information content (AvgIpc) is 1.65. The lowest BCUT2D eigenvalue weighted by Gasteiger charge is -1.87. The van der Waals surface area contributed by atoms with E-state index in [1.165, 1.54) is 0 Å². The van der Waals surface area contributed by atoms with Crippen LogP contribution in [0, 0.1) is 0 Å². The molecule has 0 aliphatic rings. The molecular formula is C3H3ClO2S. The summed E-state index contributed by atoms with van der Waals surface area (Å²) in [6.07, 6.45) is 0. The lowest BCUT2D eigenvalue weighted by molar-refractivity contribution is -0.127. The number of hydrogen-bond donors (Lipinski definition) is 1. The third kappa shape index (κ3) is 2.53. The molecule has 0 atom stereocenters. The van der Waals surface area contributed by atoms with Crippen LogP contribution in [0.3, 0.4) is 0 Å². The van der Waals surface area contributed by atoms with Crippen molar-refractivity contribution >= 4 is 30.5 Å². The second-order valence-corrected chi connectivity index (χ2v) is 1.42. The largest absolute Gasteiger partial charge is 0.390 e. The topological polar surface area (TPSA) is 26.3 Å². The molecule has 0 spiro atoms. The van der Waals surface area contributed by atoms with Gasteiger partial charge in [-0.05, 0) is 0 Å². The summed E-state index contributed by atoms with van der Waals surface area (Å²) in [6.45, 7) is 3.07. The van der Waals surface area contributed by atoms with Gasteiger partial charge >= 0.3 is 5.97 Å². The van der Waals surface area contributed by atoms with Gasteiger partial charge in [-0.3, -0.25) is 0 Å². The van der Waals surface area contributed by atoms with E-state index in [-0.39, 0.29) is 5.03 Å². The zero-order valence-electron chi connectivity index (χ0n) is 3.35. The summed E-state index contributed by atoms with van der Waals surface area (Å²) in [5.74, 6) is -0.718. The summed E-state index contributed by atoms with van der Waals surface area (Å²) in [5.41, 5.74) is 0. The second kappa shape index (κ2) is 2.93. The van der Waals surface area contributed by atoms with E-state index in [9.17, 15) is 4.79 Å². The number of rotatable bonds is 1. The van der Waals surface area contributed by atoms with E-state index in [2.05, 4.69) is 23.7 Å². The minimum atomic E-state index is -0.718. The summed E-state index contributed by atoms with van der Waals surface area (Å²) >= 11 is 8.17. The van der Waals surface area contributed by atoms with E-state index in [1.807, 2.05) is 0 Å². The Morgan fingerprint density at radius 3 is 2.29 bits per heavy atom. The summed E-state index contributed by atoms with van der Waals surface area (Å²) in [6, 6.07) is 0. The highest BCUT2D eigenvalue weighted by atomic mass is 35.5. The fourth-order valence-corrected chi connectivity index (χ4v) is 0.252. The average molecular weight is 139 g/mol. The highest BCUT2D eigenvalue weighted by molar-refractivity contribution is 7.75. The molecule has 0 unspecified atom stereocenters. The molecule has 0 fully saturated rings. The molecule has 2 nitrogen and oxygen atoms in total. The molecule has 0 aliphatic carbocycles. The van der Waals surface area contributed by atoms with Gasteiger partial charge in [-0.1, -0.05) is 18.2 Å². The van der Waals surface area contributed by atoms with Gasteiger partial charge in [0.1, 0.15) is 5.03 Å². The predicted molar refractivity (Wildman–Crippen MR) is 30.1 cm³/mol. The zero-order valence-corrected chi connectivity index (χ0v) is 5.00. The monoisotopic (exact) mass is 138 g/mol. The number of thiol groups is 1. The van der Waals surface area contributed by atoms with Crippen molar-refractivity contribution in [2.45, 2.75) is 0 Å². The maximum atomic E-state index is 9.98. The predicted octanol–water partition coefficient (Wildman–Crippen LogP) is 1.13. The number of carbonyl (C=O) groups is 1. The first-order valence-corrected chi connectivity index (χ1v) is 2.13. The molecule has 0 aromatic heterocycles. The first-order chi connectivity index (χ1) is 3.18. The van der Waals surface area contributed by atoms with Crippen LogP contribution in [0.5, 0.6) is 0 Å². The Bertz CT molecular complexity index is 101. The summed E-state index contributed by atoms with van der Waals surface area (Å²) in [7, 11) is 0. The minimum absolute atomic E-state index is 0.171. The third-order valence-electron chi connectivity index (χ3n) is 0.304. The van der Waals surface area contributed by atoms with E-state index < -0.39 is 5.97 Å². The Labute approximate surface area is 51.7 Å². The van der Waals surface area contributed by atoms with Crippen molar-refractivity contribution in [3.63, 3.8) is 0 Å². The van der Waals surface area contributed by atoms with Crippen LogP contribution in [0.1, 0.15) is 0 Å². The highest BCUT2D eigenvalue weighted by Gasteiger charge is 1.99. The van der Waals surface area contributed by atoms with Gasteiger partial charge in [-0.15, -0.1) is 0 Å². The van der Waals surface area contributed by atoms with Gasteiger partial charge in [-0.2, -0.15) is 0 Å². The Morgan fingerprint density at radius 1 is 1.86 bits per heavy atom. The van der Waals surface area contributed by atoms with Crippen molar-refractivity contribution in [2.24, 2.45) is 0 Å². The Hall–Kier alpha value is -0.150. The van der Waals surface area contributed by atoms with Crippen LogP contribution in [-0.2, 0) is 8.98 Å². The van der Waals surface area contributed by atoms with E-state index in [0.717, 1.165) is 0 Å². The molecule has 0 radical (unpaired) electrons. The quantitative estimate of drug-likeness (QED) is 0.334. The highest BCUT2D eigenvalue weighted by Crippen LogP contribution is 1.99. The lowest BCUT2D eigenvalue weighted by Crippen LogP contribution is -1.93. The van der Waals surface area contributed by atoms with Gasteiger partial charge < -0.3 is 4.18 Å². The van der Waals surface area contributed by atoms with Crippen molar-refractivity contribution < 1.29 is 8.98 Å². The van der Waals surface area contributed by atoms with Gasteiger partial charge in [0.25, 0.3) is 0 Å². The number of carbonyl (C=O) groups excluding carboxylic acids is 1. The molecule has 7 heavy (non-hydrogen) atoms. The van der Waals surface area contributed by atoms with Gasteiger partial charge in [0.05, 0.1) is 0 Å². The summed E-state index contributed by atoms with van der Waals surface area (Å²) < 4.78 is 3.84. The maximum Gasteiger partial charge on any atom is 0.360 e. The molecule has 0 N–H and O–H groups in total. The smallest absolute Gasteiger partial charge is 0.360 e. The van der Waals surface area contributed by atoms with Gasteiger partial charge in [0, 0.05) is 12.9 Å². The van der Waals surface area contributed by atoms with Crippen molar-refractivity contribution in [1.29, 1.82) is 0 Å². The van der Waals surface area contributed by atoms with Crippen LogP contribution in [-0.4, -0.2) is 5.97 Å².